The van der Waals surface area contributed by atoms with Gasteiger partial charge >= 0.3 is 6.18 Å². The average molecular weight is 596 g/mol. The second-order valence-corrected chi connectivity index (χ2v) is 11.4. The normalized spacial score (nSPS) is 19.0. The highest BCUT2D eigenvalue weighted by molar-refractivity contribution is 5.92. The van der Waals surface area contributed by atoms with Crippen molar-refractivity contribution in [2.45, 2.75) is 95.4 Å². The summed E-state index contributed by atoms with van der Waals surface area (Å²) in [5, 5.41) is 14.4. The quantitative estimate of drug-likeness (QED) is 0.283. The van der Waals surface area contributed by atoms with Crippen molar-refractivity contribution in [3.05, 3.63) is 47.7 Å². The maximum absolute atomic E-state index is 14.0. The Bertz CT molecular complexity index is 1410. The van der Waals surface area contributed by atoms with E-state index >= 15 is 0 Å². The predicted molar refractivity (Wildman–Crippen MR) is 142 cm³/mol. The minimum Gasteiger partial charge on any atom is -0.349 e. The topological polar surface area (TPSA) is 106 Å². The van der Waals surface area contributed by atoms with Gasteiger partial charge in [-0.3, -0.25) is 14.3 Å². The van der Waals surface area contributed by atoms with Crippen LogP contribution in [0.4, 0.5) is 22.0 Å². The molecule has 2 amide bonds. The first-order chi connectivity index (χ1) is 19.9. The monoisotopic (exact) mass is 595 g/mol. The van der Waals surface area contributed by atoms with Crippen LogP contribution in [0, 0.1) is 11.8 Å². The van der Waals surface area contributed by atoms with E-state index in [0.29, 0.717) is 23.7 Å². The summed E-state index contributed by atoms with van der Waals surface area (Å²) in [5.74, 6) is -3.48. The van der Waals surface area contributed by atoms with Gasteiger partial charge in [0.05, 0.1) is 36.6 Å². The summed E-state index contributed by atoms with van der Waals surface area (Å²) in [7, 11) is 0. The third kappa shape index (κ3) is 7.43. The van der Waals surface area contributed by atoms with Crippen molar-refractivity contribution >= 4 is 17.5 Å². The molecule has 0 radical (unpaired) electrons. The molecule has 0 aromatic carbocycles. The number of aromatic nitrogens is 5. The molecule has 0 bridgehead atoms. The minimum atomic E-state index is -4.36. The molecule has 5 rings (SSSR count). The lowest BCUT2D eigenvalue weighted by molar-refractivity contribution is -0.137. The zero-order valence-electron chi connectivity index (χ0n) is 23.2. The van der Waals surface area contributed by atoms with Crippen LogP contribution >= 0.6 is 0 Å². The van der Waals surface area contributed by atoms with Crippen LogP contribution in [0.25, 0.3) is 5.65 Å². The standard InChI is InChI=1S/C28H34F5N7O2/c1-2-3-23(41)36-24(17-4-5-17)19-14-22-35-21(16-40(22)34-15-19)25(18-6-9-27(29,30)10-7-18)37-26(42)20-8-12-39(38-20)13-11-28(31,32)33/h8,12,14-18,24-25H,2-7,9-11,13H2,1H3,(H,36,41)(H,37,42)/t24?,25-/m0/s1. The van der Waals surface area contributed by atoms with Gasteiger partial charge in [-0.1, -0.05) is 6.92 Å². The predicted octanol–water partition coefficient (Wildman–Crippen LogP) is 5.54. The molecule has 2 aliphatic carbocycles. The van der Waals surface area contributed by atoms with E-state index in [9.17, 15) is 31.5 Å². The third-order valence-corrected chi connectivity index (χ3v) is 7.94. The van der Waals surface area contributed by atoms with Crippen LogP contribution in [0.2, 0.25) is 0 Å². The fourth-order valence-corrected chi connectivity index (χ4v) is 5.50. The van der Waals surface area contributed by atoms with Crippen LogP contribution < -0.4 is 10.6 Å². The molecule has 1 unspecified atom stereocenters. The number of nitrogens with one attached hydrogen (secondary N) is 2. The molecule has 2 saturated carbocycles. The number of alkyl halides is 5. The SMILES string of the molecule is CCCC(=O)NC(c1cnn2cc([C@@H](NC(=O)c3ccn(CCC(F)(F)F)n3)C3CCC(F)(F)CC3)nc2c1)C1CC1. The maximum Gasteiger partial charge on any atom is 0.390 e. The molecule has 2 atom stereocenters. The molecule has 0 aliphatic heterocycles. The summed E-state index contributed by atoms with van der Waals surface area (Å²) in [4.78, 5) is 30.2. The largest absolute Gasteiger partial charge is 0.390 e. The van der Waals surface area contributed by atoms with Crippen molar-refractivity contribution in [1.82, 2.24) is 35.0 Å². The van der Waals surface area contributed by atoms with Crippen molar-refractivity contribution in [3.63, 3.8) is 0 Å². The van der Waals surface area contributed by atoms with Gasteiger partial charge in [-0.15, -0.1) is 0 Å². The number of carbonyl (C=O) groups is 2. The summed E-state index contributed by atoms with van der Waals surface area (Å²) in [6, 6.07) is 2.22. The van der Waals surface area contributed by atoms with E-state index in [1.807, 2.05) is 13.0 Å². The fraction of sp³-hybridized carbons (Fsp3) is 0.607. The lowest BCUT2D eigenvalue weighted by atomic mass is 9.81. The van der Waals surface area contributed by atoms with E-state index in [4.69, 9.17) is 4.98 Å². The highest BCUT2D eigenvalue weighted by atomic mass is 19.4. The first kappa shape index (κ1) is 29.9. The summed E-state index contributed by atoms with van der Waals surface area (Å²) in [5.41, 5.74) is 1.64. The zero-order chi connectivity index (χ0) is 30.1. The van der Waals surface area contributed by atoms with Crippen LogP contribution in [-0.4, -0.2) is 48.3 Å². The van der Waals surface area contributed by atoms with E-state index in [0.717, 1.165) is 29.5 Å². The number of hydrogen-bond acceptors (Lipinski definition) is 5. The van der Waals surface area contributed by atoms with Gasteiger partial charge in [-0.25, -0.2) is 18.3 Å². The molecule has 42 heavy (non-hydrogen) atoms. The fourth-order valence-electron chi connectivity index (χ4n) is 5.50. The zero-order valence-corrected chi connectivity index (χ0v) is 23.2. The van der Waals surface area contributed by atoms with Crippen LogP contribution in [0.5, 0.6) is 0 Å². The van der Waals surface area contributed by atoms with Crippen molar-refractivity contribution in [2.75, 3.05) is 0 Å². The molecule has 2 aliphatic rings. The second kappa shape index (κ2) is 12.0. The van der Waals surface area contributed by atoms with Gasteiger partial charge in [0.1, 0.15) is 5.69 Å². The number of aryl methyl sites for hydroxylation is 1. The van der Waals surface area contributed by atoms with Crippen molar-refractivity contribution in [1.29, 1.82) is 0 Å². The van der Waals surface area contributed by atoms with Gasteiger partial charge in [0.25, 0.3) is 5.91 Å². The maximum atomic E-state index is 14.0. The van der Waals surface area contributed by atoms with Gasteiger partial charge in [-0.2, -0.15) is 23.4 Å². The Hall–Kier alpha value is -3.58. The van der Waals surface area contributed by atoms with Gasteiger partial charge in [0.15, 0.2) is 5.65 Å². The Balaban J connectivity index is 1.38. The van der Waals surface area contributed by atoms with E-state index in [1.165, 1.54) is 12.3 Å². The van der Waals surface area contributed by atoms with Crippen molar-refractivity contribution < 1.29 is 31.5 Å². The first-order valence-electron chi connectivity index (χ1n) is 14.3. The number of imidazole rings is 1. The van der Waals surface area contributed by atoms with Gasteiger partial charge < -0.3 is 10.6 Å². The number of fused-ring (bicyclic) bond motifs is 1. The summed E-state index contributed by atoms with van der Waals surface area (Å²) in [6.45, 7) is 1.51. The Labute approximate surface area is 239 Å². The average Bonchev–Trinajstić information content (AvgIpc) is 3.49. The molecule has 2 fully saturated rings. The third-order valence-electron chi connectivity index (χ3n) is 7.94. The van der Waals surface area contributed by atoms with Crippen molar-refractivity contribution in [3.8, 4) is 0 Å². The molecular weight excluding hydrogens is 561 g/mol. The highest BCUT2D eigenvalue weighted by Gasteiger charge is 2.40. The lowest BCUT2D eigenvalue weighted by Gasteiger charge is -2.33. The molecule has 2 N–H and O–H groups in total. The van der Waals surface area contributed by atoms with Gasteiger partial charge in [-0.05, 0) is 61.6 Å². The summed E-state index contributed by atoms with van der Waals surface area (Å²) < 4.78 is 68.4. The Morgan fingerprint density at radius 3 is 2.48 bits per heavy atom. The Morgan fingerprint density at radius 1 is 1.10 bits per heavy atom. The number of amides is 2. The van der Waals surface area contributed by atoms with Crippen LogP contribution in [0.1, 0.15) is 98.5 Å². The Morgan fingerprint density at radius 2 is 1.81 bits per heavy atom. The molecule has 3 aromatic heterocycles. The smallest absolute Gasteiger partial charge is 0.349 e. The summed E-state index contributed by atoms with van der Waals surface area (Å²) in [6.07, 6.45) is 1.96. The van der Waals surface area contributed by atoms with Gasteiger partial charge in [0.2, 0.25) is 11.8 Å². The first-order valence-corrected chi connectivity index (χ1v) is 14.3. The van der Waals surface area contributed by atoms with E-state index in [1.54, 1.807) is 16.9 Å². The molecule has 14 heteroatoms. The minimum absolute atomic E-state index is 0.0315. The number of rotatable bonds is 11. The van der Waals surface area contributed by atoms with Gasteiger partial charge in [0, 0.05) is 32.0 Å². The number of carbonyl (C=O) groups excluding carboxylic acids is 2. The lowest BCUT2D eigenvalue weighted by Crippen LogP contribution is -2.37. The summed E-state index contributed by atoms with van der Waals surface area (Å²) >= 11 is 0. The molecule has 228 valence electrons. The number of halogens is 5. The van der Waals surface area contributed by atoms with Crippen LogP contribution in [0.3, 0.4) is 0 Å². The number of hydrogen-bond donors (Lipinski definition) is 2. The van der Waals surface area contributed by atoms with Crippen LogP contribution in [0.15, 0.2) is 30.7 Å². The van der Waals surface area contributed by atoms with Crippen molar-refractivity contribution in [2.24, 2.45) is 11.8 Å². The van der Waals surface area contributed by atoms with Crippen LogP contribution in [-0.2, 0) is 11.3 Å². The highest BCUT2D eigenvalue weighted by Crippen LogP contribution is 2.42. The second-order valence-electron chi connectivity index (χ2n) is 11.4. The van der Waals surface area contributed by atoms with E-state index < -0.39 is 37.0 Å². The number of nitrogens with zero attached hydrogens (tertiary/aromatic N) is 5. The molecular formula is C28H34F5N7O2. The van der Waals surface area contributed by atoms with E-state index in [2.05, 4.69) is 20.8 Å². The molecule has 3 heterocycles. The molecule has 3 aromatic rings. The molecule has 0 saturated heterocycles. The Kier molecular flexibility index (Phi) is 8.51. The molecule has 9 nitrogen and oxygen atoms in total. The van der Waals surface area contributed by atoms with E-state index in [-0.39, 0.29) is 49.2 Å². The molecule has 0 spiro atoms.